The third kappa shape index (κ3) is 6.57. The summed E-state index contributed by atoms with van der Waals surface area (Å²) in [6.45, 7) is 4.82. The number of fused-ring (bicyclic) bond motifs is 1. The van der Waals surface area contributed by atoms with E-state index in [4.69, 9.17) is 24.3 Å². The molecule has 0 spiro atoms. The number of hydrogen-bond donors (Lipinski definition) is 4. The van der Waals surface area contributed by atoms with Crippen LogP contribution in [0.5, 0.6) is 5.75 Å². The molecule has 15 heteroatoms. The molecule has 0 amide bonds. The molecule has 1 fully saturated rings. The Hall–Kier alpha value is -3.57. The van der Waals surface area contributed by atoms with Crippen LogP contribution in [0, 0.1) is 17.2 Å². The number of benzene rings is 1. The summed E-state index contributed by atoms with van der Waals surface area (Å²) in [4.78, 5) is 16.6. The zero-order valence-electron chi connectivity index (χ0n) is 23.5. The molecule has 42 heavy (non-hydrogen) atoms. The standard InChI is InChI=1S/C27H35N6O8P/c1-4-18(5-2)13-38-26(36)17(3)32-42(37,41-19-9-7-6-8-10-19)39-15-27(14-28)24(35)22(34)23(40-27)20-11-12-21-25(29)30-16-31-33(20)21/h6-12,16-18,22-24,34-35H,4-5,13,15H2,1-3H3,(H,32,37)(H2,29,30,31)/t17-,22-,23-,24-,27+,42+/m0/s1. The predicted molar refractivity (Wildman–Crippen MR) is 150 cm³/mol. The van der Waals surface area contributed by atoms with Gasteiger partial charge in [-0.25, -0.2) is 14.1 Å². The number of carbonyl (C=O) groups is 1. The Labute approximate surface area is 242 Å². The number of aliphatic hydroxyl groups excluding tert-OH is 2. The minimum Gasteiger partial charge on any atom is -0.464 e. The summed E-state index contributed by atoms with van der Waals surface area (Å²) in [7, 11) is -4.41. The molecule has 14 nitrogen and oxygen atoms in total. The Kier molecular flexibility index (Phi) is 9.83. The van der Waals surface area contributed by atoms with Gasteiger partial charge in [0.2, 0.25) is 5.60 Å². The largest absolute Gasteiger partial charge is 0.464 e. The van der Waals surface area contributed by atoms with Gasteiger partial charge < -0.3 is 29.9 Å². The van der Waals surface area contributed by atoms with Crippen LogP contribution in [0.3, 0.4) is 0 Å². The van der Waals surface area contributed by atoms with Gasteiger partial charge in [-0.05, 0) is 37.1 Å². The zero-order chi connectivity index (χ0) is 30.5. The lowest BCUT2D eigenvalue weighted by molar-refractivity contribution is -0.146. The minimum absolute atomic E-state index is 0.152. The minimum atomic E-state index is -4.41. The second-order valence-electron chi connectivity index (χ2n) is 10.0. The fourth-order valence-corrected chi connectivity index (χ4v) is 6.03. The third-order valence-electron chi connectivity index (χ3n) is 7.18. The van der Waals surface area contributed by atoms with E-state index < -0.39 is 50.3 Å². The Morgan fingerprint density at radius 3 is 2.64 bits per heavy atom. The van der Waals surface area contributed by atoms with Crippen molar-refractivity contribution in [2.75, 3.05) is 18.9 Å². The Morgan fingerprint density at radius 2 is 1.98 bits per heavy atom. The second kappa shape index (κ2) is 13.2. The van der Waals surface area contributed by atoms with Gasteiger partial charge in [-0.2, -0.15) is 15.4 Å². The predicted octanol–water partition coefficient (Wildman–Crippen LogP) is 2.53. The molecule has 226 valence electrons. The van der Waals surface area contributed by atoms with Gasteiger partial charge >= 0.3 is 13.7 Å². The van der Waals surface area contributed by atoms with Crippen LogP contribution in [0.4, 0.5) is 5.82 Å². The molecule has 2 aromatic heterocycles. The van der Waals surface area contributed by atoms with Crippen LogP contribution in [0.2, 0.25) is 0 Å². The van der Waals surface area contributed by atoms with Crippen LogP contribution in [-0.2, 0) is 23.4 Å². The van der Waals surface area contributed by atoms with Crippen molar-refractivity contribution in [3.05, 3.63) is 54.5 Å². The number of ether oxygens (including phenoxy) is 2. The lowest BCUT2D eigenvalue weighted by Gasteiger charge is -2.28. The Morgan fingerprint density at radius 1 is 1.26 bits per heavy atom. The van der Waals surface area contributed by atoms with Crippen LogP contribution in [0.15, 0.2) is 48.8 Å². The fraction of sp³-hybridized carbons (Fsp3) is 0.481. The molecule has 0 saturated carbocycles. The number of nitrogens with one attached hydrogen (secondary N) is 1. The number of nitrogens with two attached hydrogens (primary N) is 1. The molecule has 0 radical (unpaired) electrons. The van der Waals surface area contributed by atoms with E-state index in [1.807, 2.05) is 19.9 Å². The van der Waals surface area contributed by atoms with Crippen molar-refractivity contribution < 1.29 is 38.1 Å². The second-order valence-corrected chi connectivity index (χ2v) is 11.7. The molecular formula is C27H35N6O8P. The monoisotopic (exact) mass is 602 g/mol. The highest BCUT2D eigenvalue weighted by atomic mass is 31.2. The van der Waals surface area contributed by atoms with Gasteiger partial charge in [0.25, 0.3) is 0 Å². The third-order valence-corrected chi connectivity index (χ3v) is 8.80. The van der Waals surface area contributed by atoms with E-state index in [9.17, 15) is 24.8 Å². The lowest BCUT2D eigenvalue weighted by atomic mass is 9.96. The molecule has 1 saturated heterocycles. The summed E-state index contributed by atoms with van der Waals surface area (Å²) in [5, 5.41) is 38.6. The van der Waals surface area contributed by atoms with Gasteiger partial charge in [0.15, 0.2) is 5.82 Å². The topological polar surface area (TPSA) is 204 Å². The SMILES string of the molecule is CCC(CC)COC(=O)[C@H](C)N[P@@](=O)(OC[C@@]1(C#N)O[C@@H](c2ccc3c(N)ncnn23)[C@H](O)[C@@H]1O)Oc1ccccc1. The van der Waals surface area contributed by atoms with E-state index in [1.165, 1.54) is 29.9 Å². The van der Waals surface area contributed by atoms with Gasteiger partial charge in [0.1, 0.15) is 54.6 Å². The van der Waals surface area contributed by atoms with E-state index in [1.54, 1.807) is 30.3 Å². The smallest absolute Gasteiger partial charge is 0.459 e. The quantitative estimate of drug-likeness (QED) is 0.164. The number of aliphatic hydroxyl groups is 2. The number of nitrogen functional groups attached to an aromatic ring is 1. The Balaban J connectivity index is 1.55. The summed E-state index contributed by atoms with van der Waals surface area (Å²) < 4.78 is 37.9. The van der Waals surface area contributed by atoms with E-state index in [-0.39, 0.29) is 24.1 Å². The molecule has 1 aliphatic rings. The first-order valence-corrected chi connectivity index (χ1v) is 15.1. The van der Waals surface area contributed by atoms with Crippen molar-refractivity contribution in [1.29, 1.82) is 5.26 Å². The first kappa shape index (κ1) is 31.4. The van der Waals surface area contributed by atoms with Gasteiger partial charge in [-0.15, -0.1) is 0 Å². The number of esters is 1. The lowest BCUT2D eigenvalue weighted by Crippen LogP contribution is -2.46. The number of para-hydroxylation sites is 1. The van der Waals surface area contributed by atoms with Crippen molar-refractivity contribution in [2.45, 2.75) is 63.6 Å². The fourth-order valence-electron chi connectivity index (χ4n) is 4.51. The highest BCUT2D eigenvalue weighted by molar-refractivity contribution is 7.52. The molecule has 3 aromatic rings. The van der Waals surface area contributed by atoms with Crippen LogP contribution >= 0.6 is 7.75 Å². The van der Waals surface area contributed by atoms with Crippen molar-refractivity contribution in [2.24, 2.45) is 5.92 Å². The molecule has 1 aromatic carbocycles. The maximum atomic E-state index is 14.0. The van der Waals surface area contributed by atoms with E-state index in [2.05, 4.69) is 15.2 Å². The van der Waals surface area contributed by atoms with Crippen molar-refractivity contribution in [3.63, 3.8) is 0 Å². The average Bonchev–Trinajstić information content (AvgIpc) is 3.52. The number of hydrogen-bond acceptors (Lipinski definition) is 12. The molecular weight excluding hydrogens is 567 g/mol. The van der Waals surface area contributed by atoms with E-state index in [0.29, 0.717) is 11.2 Å². The molecule has 0 bridgehead atoms. The molecule has 4 rings (SSSR count). The molecule has 6 atom stereocenters. The summed E-state index contributed by atoms with van der Waals surface area (Å²) in [5.74, 6) is -0.163. The number of carbonyl (C=O) groups excluding carboxylic acids is 1. The number of nitrogens with zero attached hydrogens (tertiary/aromatic N) is 4. The van der Waals surface area contributed by atoms with Gasteiger partial charge in [0, 0.05) is 0 Å². The van der Waals surface area contributed by atoms with Crippen LogP contribution in [-0.4, -0.2) is 67.8 Å². The zero-order valence-corrected chi connectivity index (χ0v) is 24.4. The maximum absolute atomic E-state index is 14.0. The normalized spacial score (nSPS) is 24.3. The molecule has 5 N–H and O–H groups in total. The molecule has 0 aliphatic carbocycles. The van der Waals surface area contributed by atoms with Crippen molar-refractivity contribution in [1.82, 2.24) is 19.7 Å². The molecule has 0 unspecified atom stereocenters. The number of nitriles is 1. The Bertz CT molecular complexity index is 1460. The number of anilines is 1. The van der Waals surface area contributed by atoms with E-state index >= 15 is 0 Å². The highest BCUT2D eigenvalue weighted by Crippen LogP contribution is 2.48. The van der Waals surface area contributed by atoms with Crippen LogP contribution in [0.1, 0.15) is 45.4 Å². The van der Waals surface area contributed by atoms with Crippen molar-refractivity contribution in [3.8, 4) is 11.8 Å². The van der Waals surface area contributed by atoms with Gasteiger partial charge in [0.05, 0.1) is 12.3 Å². The average molecular weight is 603 g/mol. The molecule has 1 aliphatic heterocycles. The first-order chi connectivity index (χ1) is 20.1. The number of aromatic nitrogens is 3. The van der Waals surface area contributed by atoms with Crippen molar-refractivity contribution >= 4 is 25.1 Å². The molecule has 3 heterocycles. The van der Waals surface area contributed by atoms with E-state index in [0.717, 1.165) is 12.8 Å². The summed E-state index contributed by atoms with van der Waals surface area (Å²) in [6, 6.07) is 12.0. The maximum Gasteiger partial charge on any atom is 0.459 e. The van der Waals surface area contributed by atoms with Crippen LogP contribution in [0.25, 0.3) is 5.52 Å². The van der Waals surface area contributed by atoms with Crippen LogP contribution < -0.4 is 15.3 Å². The highest BCUT2D eigenvalue weighted by Gasteiger charge is 2.57. The van der Waals surface area contributed by atoms with Gasteiger partial charge in [-0.1, -0.05) is 44.9 Å². The summed E-state index contributed by atoms with van der Waals surface area (Å²) >= 11 is 0. The van der Waals surface area contributed by atoms with Gasteiger partial charge in [-0.3, -0.25) is 9.32 Å². The first-order valence-electron chi connectivity index (χ1n) is 13.5. The summed E-state index contributed by atoms with van der Waals surface area (Å²) in [5.41, 5.74) is 4.44. The number of rotatable bonds is 13. The summed E-state index contributed by atoms with van der Waals surface area (Å²) in [6.07, 6.45) is -1.75.